The molecule has 4 heteroatoms. The van der Waals surface area contributed by atoms with E-state index in [0.29, 0.717) is 0 Å². The number of nitrogens with two attached hydrogens (primary N) is 1. The van der Waals surface area contributed by atoms with Crippen molar-refractivity contribution < 1.29 is 15.2 Å². The Balaban J connectivity index is 0. The molecule has 0 aliphatic heterocycles. The Hall–Kier alpha value is -0.610. The van der Waals surface area contributed by atoms with Crippen LogP contribution in [0.3, 0.4) is 0 Å². The number of hydrogen-bond acceptors (Lipinski definition) is 3. The summed E-state index contributed by atoms with van der Waals surface area (Å²) >= 11 is 0. The van der Waals surface area contributed by atoms with Crippen molar-refractivity contribution in [3.8, 4) is 0 Å². The topological polar surface area (TPSA) is 60.0 Å². The van der Waals surface area contributed by atoms with Gasteiger partial charge in [-0.05, 0) is 14.1 Å². The lowest BCUT2D eigenvalue weighted by Crippen LogP contribution is -2.74. The minimum atomic E-state index is -1.04. The zero-order valence-corrected chi connectivity index (χ0v) is 7.05. The third kappa shape index (κ3) is 26.3. The van der Waals surface area contributed by atoms with Crippen molar-refractivity contribution in [3.63, 3.8) is 0 Å². The highest BCUT2D eigenvalue weighted by molar-refractivity contribution is 5.66. The summed E-state index contributed by atoms with van der Waals surface area (Å²) in [5, 5.41) is 11.7. The normalized spacial score (nSPS) is 8.50. The molecule has 0 aromatic carbocycles. The van der Waals surface area contributed by atoms with Crippen molar-refractivity contribution in [2.45, 2.75) is 0 Å². The number of carbonyl (C=O) groups is 1. The zero-order chi connectivity index (χ0) is 8.57. The first kappa shape index (κ1) is 12.1. The molecule has 0 amide bonds. The quantitative estimate of drug-likeness (QED) is 0.457. The average molecular weight is 148 g/mol. The van der Waals surface area contributed by atoms with Crippen LogP contribution in [-0.2, 0) is 4.79 Å². The summed E-state index contributed by atoms with van der Waals surface area (Å²) in [7, 11) is 7.35. The van der Waals surface area contributed by atoms with Crippen molar-refractivity contribution in [2.75, 3.05) is 34.7 Å². The molecule has 0 aliphatic rings. The number of rotatable bonds is 2. The second kappa shape index (κ2) is 8.39. The fraction of sp³-hybridized carbons (Fsp3) is 0.833. The molecule has 62 valence electrons. The SMILES string of the molecule is CN(C)CC(=O)[O-].C[NH2+]C. The molecule has 0 aromatic rings. The fourth-order valence-corrected chi connectivity index (χ4v) is 0.258. The van der Waals surface area contributed by atoms with Crippen LogP contribution in [-0.4, -0.2) is 45.6 Å². The molecule has 4 nitrogen and oxygen atoms in total. The van der Waals surface area contributed by atoms with Gasteiger partial charge < -0.3 is 20.1 Å². The van der Waals surface area contributed by atoms with Crippen LogP contribution in [0.15, 0.2) is 0 Å². The number of quaternary nitrogens is 1. The first-order chi connectivity index (χ1) is 4.54. The van der Waals surface area contributed by atoms with Crippen LogP contribution >= 0.6 is 0 Å². The van der Waals surface area contributed by atoms with E-state index in [1.807, 2.05) is 19.4 Å². The van der Waals surface area contributed by atoms with Gasteiger partial charge in [-0.1, -0.05) is 0 Å². The highest BCUT2D eigenvalue weighted by atomic mass is 16.4. The maximum Gasteiger partial charge on any atom is 0.0647 e. The largest absolute Gasteiger partial charge is 0.549 e. The summed E-state index contributed by atoms with van der Waals surface area (Å²) in [6.45, 7) is 0. The van der Waals surface area contributed by atoms with Gasteiger partial charge in [-0.3, -0.25) is 0 Å². The Bertz CT molecular complexity index is 83.8. The standard InChI is InChI=1S/C4H9NO2.C2H7N/c1-5(2)3-4(6)7;1-3-2/h3H2,1-2H3,(H,6,7);3H,1-2H3. The summed E-state index contributed by atoms with van der Waals surface area (Å²) in [5.41, 5.74) is 0. The van der Waals surface area contributed by atoms with Crippen molar-refractivity contribution in [1.82, 2.24) is 4.90 Å². The highest BCUT2D eigenvalue weighted by Gasteiger charge is 1.84. The van der Waals surface area contributed by atoms with E-state index in [1.165, 1.54) is 4.90 Å². The van der Waals surface area contributed by atoms with Gasteiger partial charge in [0, 0.05) is 6.54 Å². The van der Waals surface area contributed by atoms with E-state index in [-0.39, 0.29) is 6.54 Å². The lowest BCUT2D eigenvalue weighted by Gasteiger charge is -2.08. The minimum absolute atomic E-state index is 0. The van der Waals surface area contributed by atoms with E-state index in [1.54, 1.807) is 14.1 Å². The number of hydrogen-bond donors (Lipinski definition) is 1. The van der Waals surface area contributed by atoms with Gasteiger partial charge in [-0.25, -0.2) is 0 Å². The van der Waals surface area contributed by atoms with Crippen LogP contribution in [0.25, 0.3) is 0 Å². The van der Waals surface area contributed by atoms with Gasteiger partial charge in [0.05, 0.1) is 20.1 Å². The van der Waals surface area contributed by atoms with Crippen LogP contribution in [0.4, 0.5) is 0 Å². The second-order valence-electron chi connectivity index (χ2n) is 2.19. The van der Waals surface area contributed by atoms with Crippen LogP contribution in [0.2, 0.25) is 0 Å². The third-order valence-electron chi connectivity index (χ3n) is 0.445. The molecule has 0 fully saturated rings. The van der Waals surface area contributed by atoms with Gasteiger partial charge in [0.25, 0.3) is 0 Å². The minimum Gasteiger partial charge on any atom is -0.549 e. The Morgan fingerprint density at radius 3 is 1.80 bits per heavy atom. The number of carbonyl (C=O) groups excluding carboxylic acids is 1. The molecule has 0 saturated carbocycles. The molecule has 0 bridgehead atoms. The predicted octanol–water partition coefficient (Wildman–Crippen LogP) is -2.89. The Labute approximate surface area is 61.8 Å². The molecule has 2 N–H and O–H groups in total. The van der Waals surface area contributed by atoms with Gasteiger partial charge in [-0.2, -0.15) is 0 Å². The molecular formula is C6H16N2O2. The van der Waals surface area contributed by atoms with Crippen molar-refractivity contribution in [2.24, 2.45) is 0 Å². The number of aliphatic carboxylic acids is 1. The first-order valence-corrected chi connectivity index (χ1v) is 3.13. The molecule has 0 radical (unpaired) electrons. The van der Waals surface area contributed by atoms with Crippen LogP contribution in [0.1, 0.15) is 0 Å². The molecule has 0 aliphatic carbocycles. The smallest absolute Gasteiger partial charge is 0.0647 e. The van der Waals surface area contributed by atoms with Gasteiger partial charge in [0.1, 0.15) is 0 Å². The lowest BCUT2D eigenvalue weighted by molar-refractivity contribution is -0.597. The Kier molecular flexibility index (Phi) is 10.2. The third-order valence-corrected chi connectivity index (χ3v) is 0.445. The first-order valence-electron chi connectivity index (χ1n) is 3.13. The lowest BCUT2D eigenvalue weighted by atomic mass is 10.6. The van der Waals surface area contributed by atoms with E-state index in [0.717, 1.165) is 0 Å². The van der Waals surface area contributed by atoms with E-state index in [9.17, 15) is 9.90 Å². The second-order valence-corrected chi connectivity index (χ2v) is 2.19. The van der Waals surface area contributed by atoms with Crippen molar-refractivity contribution in [1.29, 1.82) is 0 Å². The molecule has 10 heavy (non-hydrogen) atoms. The average Bonchev–Trinajstić information content (AvgIpc) is 1.62. The maximum atomic E-state index is 9.66. The van der Waals surface area contributed by atoms with E-state index < -0.39 is 5.97 Å². The summed E-state index contributed by atoms with van der Waals surface area (Å²) in [6, 6.07) is 0. The summed E-state index contributed by atoms with van der Waals surface area (Å²) in [5.74, 6) is -1.04. The molecule has 0 atom stereocenters. The summed E-state index contributed by atoms with van der Waals surface area (Å²) in [6.07, 6.45) is 0. The molecule has 0 rings (SSSR count). The Morgan fingerprint density at radius 2 is 1.80 bits per heavy atom. The maximum absolute atomic E-state index is 9.66. The summed E-state index contributed by atoms with van der Waals surface area (Å²) in [4.78, 5) is 11.2. The van der Waals surface area contributed by atoms with E-state index in [2.05, 4.69) is 0 Å². The van der Waals surface area contributed by atoms with Gasteiger partial charge in [-0.15, -0.1) is 0 Å². The fourth-order valence-electron chi connectivity index (χ4n) is 0.258. The van der Waals surface area contributed by atoms with Crippen LogP contribution < -0.4 is 10.4 Å². The van der Waals surface area contributed by atoms with Crippen molar-refractivity contribution in [3.05, 3.63) is 0 Å². The molecule has 0 aromatic heterocycles. The van der Waals surface area contributed by atoms with Gasteiger partial charge >= 0.3 is 0 Å². The van der Waals surface area contributed by atoms with Gasteiger partial charge in [0.2, 0.25) is 0 Å². The highest BCUT2D eigenvalue weighted by Crippen LogP contribution is 1.66. The van der Waals surface area contributed by atoms with Crippen LogP contribution in [0.5, 0.6) is 0 Å². The number of carboxylic acids is 1. The molecule has 0 unspecified atom stereocenters. The number of carboxylic acid groups (broad SMARTS) is 1. The zero-order valence-electron chi connectivity index (χ0n) is 7.05. The molecular weight excluding hydrogens is 132 g/mol. The van der Waals surface area contributed by atoms with E-state index in [4.69, 9.17) is 0 Å². The van der Waals surface area contributed by atoms with E-state index >= 15 is 0 Å². The molecule has 0 heterocycles. The number of nitrogens with zero attached hydrogens (tertiary/aromatic N) is 1. The summed E-state index contributed by atoms with van der Waals surface area (Å²) < 4.78 is 0. The molecule has 0 saturated heterocycles. The number of likely N-dealkylation sites (N-methyl/N-ethyl adjacent to an activating group) is 1. The van der Waals surface area contributed by atoms with Gasteiger partial charge in [0.15, 0.2) is 0 Å². The Morgan fingerprint density at radius 1 is 1.50 bits per heavy atom. The monoisotopic (exact) mass is 148 g/mol. The molecule has 0 spiro atoms. The van der Waals surface area contributed by atoms with Crippen LogP contribution in [0, 0.1) is 0 Å². The van der Waals surface area contributed by atoms with Crippen molar-refractivity contribution >= 4 is 5.97 Å². The predicted molar refractivity (Wildman–Crippen MR) is 37.3 cm³/mol.